The fourth-order valence-corrected chi connectivity index (χ4v) is 3.31. The van der Waals surface area contributed by atoms with Gasteiger partial charge in [-0.25, -0.2) is 9.78 Å². The molecular weight excluding hydrogens is 376 g/mol. The molecule has 0 aliphatic heterocycles. The molecule has 144 valence electrons. The molecule has 0 spiro atoms. The normalized spacial score (nSPS) is 12.1. The van der Waals surface area contributed by atoms with Crippen LogP contribution in [0.15, 0.2) is 54.6 Å². The van der Waals surface area contributed by atoms with Crippen LogP contribution >= 0.6 is 11.3 Å². The van der Waals surface area contributed by atoms with Gasteiger partial charge in [-0.1, -0.05) is 24.3 Å². The van der Waals surface area contributed by atoms with Gasteiger partial charge in [0.25, 0.3) is 5.91 Å². The lowest BCUT2D eigenvalue weighted by Crippen LogP contribution is -2.35. The van der Waals surface area contributed by atoms with Gasteiger partial charge in [-0.05, 0) is 42.8 Å². The topological polar surface area (TPSA) is 77.5 Å². The van der Waals surface area contributed by atoms with Crippen LogP contribution in [0, 0.1) is 0 Å². The van der Waals surface area contributed by atoms with Crippen molar-refractivity contribution in [2.45, 2.75) is 19.6 Å². The molecule has 3 rings (SSSR count). The zero-order valence-corrected chi connectivity index (χ0v) is 16.4. The van der Waals surface area contributed by atoms with Crippen LogP contribution in [0.1, 0.15) is 17.5 Å². The Kier molecular flexibility index (Phi) is 6.39. The van der Waals surface area contributed by atoms with E-state index >= 15 is 0 Å². The lowest BCUT2D eigenvalue weighted by atomic mass is 10.2. The fourth-order valence-electron chi connectivity index (χ4n) is 2.44. The quantitative estimate of drug-likeness (QED) is 0.488. The Bertz CT molecular complexity index is 962. The lowest BCUT2D eigenvalue weighted by molar-refractivity contribution is -0.150. The molecule has 3 aromatic rings. The van der Waals surface area contributed by atoms with Gasteiger partial charge < -0.3 is 14.8 Å². The number of thiazole rings is 1. The third-order valence-electron chi connectivity index (χ3n) is 3.96. The van der Waals surface area contributed by atoms with Crippen LogP contribution in [-0.4, -0.2) is 30.1 Å². The zero-order valence-electron chi connectivity index (χ0n) is 15.5. The minimum atomic E-state index is -0.897. The Balaban J connectivity index is 1.49. The number of rotatable bonds is 7. The number of amides is 1. The standard InChI is InChI=1S/C21H20N2O4S/c1-14(21(25)22-13-15-7-9-16(26-2)10-8-15)27-20(24)12-11-19-23-17-5-3-4-6-18(17)28-19/h3-12,14H,13H2,1-2H3,(H,22,25)/b12-11+/t14-/m0/s1. The van der Waals surface area contributed by atoms with Gasteiger partial charge in [0.05, 0.1) is 17.3 Å². The van der Waals surface area contributed by atoms with Crippen molar-refractivity contribution in [3.63, 3.8) is 0 Å². The van der Waals surface area contributed by atoms with E-state index in [0.29, 0.717) is 11.6 Å². The minimum absolute atomic E-state index is 0.340. The number of methoxy groups -OCH3 is 1. The number of nitrogens with zero attached hydrogens (tertiary/aromatic N) is 1. The highest BCUT2D eigenvalue weighted by Gasteiger charge is 2.16. The Morgan fingerprint density at radius 1 is 1.18 bits per heavy atom. The van der Waals surface area contributed by atoms with Crippen molar-refractivity contribution in [1.82, 2.24) is 10.3 Å². The molecule has 1 amide bonds. The molecule has 1 N–H and O–H groups in total. The molecule has 28 heavy (non-hydrogen) atoms. The van der Waals surface area contributed by atoms with E-state index in [0.717, 1.165) is 21.5 Å². The summed E-state index contributed by atoms with van der Waals surface area (Å²) in [5.41, 5.74) is 1.80. The number of para-hydroxylation sites is 1. The maximum atomic E-state index is 12.1. The minimum Gasteiger partial charge on any atom is -0.497 e. The number of benzene rings is 2. The highest BCUT2D eigenvalue weighted by Crippen LogP contribution is 2.22. The summed E-state index contributed by atoms with van der Waals surface area (Å²) in [6, 6.07) is 15.1. The Hall–Kier alpha value is -3.19. The maximum absolute atomic E-state index is 12.1. The molecule has 1 aromatic heterocycles. The maximum Gasteiger partial charge on any atom is 0.331 e. The second-order valence-electron chi connectivity index (χ2n) is 6.00. The van der Waals surface area contributed by atoms with E-state index in [9.17, 15) is 9.59 Å². The number of carbonyl (C=O) groups is 2. The second kappa shape index (κ2) is 9.14. The van der Waals surface area contributed by atoms with Crippen LogP contribution in [0.5, 0.6) is 5.75 Å². The second-order valence-corrected chi connectivity index (χ2v) is 7.06. The number of ether oxygens (including phenoxy) is 2. The van der Waals surface area contributed by atoms with Crippen molar-refractivity contribution in [2.75, 3.05) is 7.11 Å². The van der Waals surface area contributed by atoms with E-state index in [1.807, 2.05) is 48.5 Å². The van der Waals surface area contributed by atoms with Crippen LogP contribution in [0.3, 0.4) is 0 Å². The number of fused-ring (bicyclic) bond motifs is 1. The van der Waals surface area contributed by atoms with Crippen LogP contribution in [0.2, 0.25) is 0 Å². The van der Waals surface area contributed by atoms with Crippen molar-refractivity contribution >= 4 is 39.5 Å². The van der Waals surface area contributed by atoms with Crippen LogP contribution in [0.25, 0.3) is 16.3 Å². The molecule has 0 aliphatic rings. The summed E-state index contributed by atoms with van der Waals surface area (Å²) in [5, 5.41) is 3.45. The third-order valence-corrected chi connectivity index (χ3v) is 4.96. The summed E-state index contributed by atoms with van der Waals surface area (Å²) in [6.45, 7) is 1.87. The van der Waals surface area contributed by atoms with E-state index in [1.165, 1.54) is 24.3 Å². The van der Waals surface area contributed by atoms with E-state index in [4.69, 9.17) is 9.47 Å². The summed E-state index contributed by atoms with van der Waals surface area (Å²) in [7, 11) is 1.60. The predicted molar refractivity (Wildman–Crippen MR) is 109 cm³/mol. The number of aromatic nitrogens is 1. The van der Waals surface area contributed by atoms with Gasteiger partial charge in [-0.3, -0.25) is 4.79 Å². The monoisotopic (exact) mass is 396 g/mol. The van der Waals surface area contributed by atoms with Gasteiger partial charge in [0.1, 0.15) is 10.8 Å². The van der Waals surface area contributed by atoms with Crippen LogP contribution in [-0.2, 0) is 20.9 Å². The average Bonchev–Trinajstić information content (AvgIpc) is 3.14. The van der Waals surface area contributed by atoms with Crippen LogP contribution in [0.4, 0.5) is 0 Å². The van der Waals surface area contributed by atoms with Gasteiger partial charge in [0.2, 0.25) is 0 Å². The summed E-state index contributed by atoms with van der Waals surface area (Å²) in [5.74, 6) is -0.207. The summed E-state index contributed by atoms with van der Waals surface area (Å²) in [4.78, 5) is 28.5. The number of nitrogens with one attached hydrogen (secondary N) is 1. The zero-order chi connectivity index (χ0) is 19.9. The molecular formula is C21H20N2O4S. The van der Waals surface area contributed by atoms with Gasteiger partial charge in [0, 0.05) is 12.6 Å². The third kappa shape index (κ3) is 5.17. The van der Waals surface area contributed by atoms with E-state index in [1.54, 1.807) is 13.2 Å². The molecule has 0 radical (unpaired) electrons. The Labute approximate surface area is 166 Å². The van der Waals surface area contributed by atoms with Gasteiger partial charge in [-0.15, -0.1) is 11.3 Å². The first kappa shape index (κ1) is 19.6. The largest absolute Gasteiger partial charge is 0.497 e. The first-order valence-corrected chi connectivity index (χ1v) is 9.51. The molecule has 1 heterocycles. The molecule has 1 atom stereocenters. The molecule has 0 unspecified atom stereocenters. The Morgan fingerprint density at radius 2 is 1.93 bits per heavy atom. The molecule has 6 nitrogen and oxygen atoms in total. The summed E-state index contributed by atoms with van der Waals surface area (Å²) < 4.78 is 11.3. The predicted octanol–water partition coefficient (Wildman–Crippen LogP) is 3.57. The molecule has 2 aromatic carbocycles. The highest BCUT2D eigenvalue weighted by molar-refractivity contribution is 7.19. The van der Waals surface area contributed by atoms with Gasteiger partial charge in [-0.2, -0.15) is 0 Å². The first-order valence-electron chi connectivity index (χ1n) is 8.70. The number of hydrogen-bond donors (Lipinski definition) is 1. The van der Waals surface area contributed by atoms with Gasteiger partial charge >= 0.3 is 5.97 Å². The molecule has 0 aliphatic carbocycles. The van der Waals surface area contributed by atoms with E-state index in [-0.39, 0.29) is 5.91 Å². The molecule has 0 fully saturated rings. The Morgan fingerprint density at radius 3 is 2.64 bits per heavy atom. The van der Waals surface area contributed by atoms with Gasteiger partial charge in [0.15, 0.2) is 6.10 Å². The number of carbonyl (C=O) groups excluding carboxylic acids is 2. The van der Waals surface area contributed by atoms with Crippen molar-refractivity contribution in [3.05, 3.63) is 65.2 Å². The van der Waals surface area contributed by atoms with E-state index in [2.05, 4.69) is 10.3 Å². The van der Waals surface area contributed by atoms with Crippen LogP contribution < -0.4 is 10.1 Å². The number of hydrogen-bond acceptors (Lipinski definition) is 6. The molecule has 0 saturated carbocycles. The molecule has 7 heteroatoms. The fraction of sp³-hybridized carbons (Fsp3) is 0.190. The van der Waals surface area contributed by atoms with Crippen molar-refractivity contribution in [2.24, 2.45) is 0 Å². The van der Waals surface area contributed by atoms with E-state index < -0.39 is 12.1 Å². The molecule has 0 bridgehead atoms. The summed E-state index contributed by atoms with van der Waals surface area (Å²) >= 11 is 1.48. The first-order chi connectivity index (χ1) is 13.5. The average molecular weight is 396 g/mol. The highest BCUT2D eigenvalue weighted by atomic mass is 32.1. The summed E-state index contributed by atoms with van der Waals surface area (Å²) in [6.07, 6.45) is 1.98. The lowest BCUT2D eigenvalue weighted by Gasteiger charge is -2.12. The van der Waals surface area contributed by atoms with Crippen molar-refractivity contribution < 1.29 is 19.1 Å². The smallest absolute Gasteiger partial charge is 0.331 e. The SMILES string of the molecule is COc1ccc(CNC(=O)[C@H](C)OC(=O)/C=C/c2nc3ccccc3s2)cc1. The van der Waals surface area contributed by atoms with Crippen molar-refractivity contribution in [1.29, 1.82) is 0 Å². The number of esters is 1. The molecule has 0 saturated heterocycles. The van der Waals surface area contributed by atoms with Crippen molar-refractivity contribution in [3.8, 4) is 5.75 Å².